The van der Waals surface area contributed by atoms with Crippen LogP contribution in [0.4, 0.5) is 22.7 Å². The van der Waals surface area contributed by atoms with E-state index in [0.29, 0.717) is 0 Å². The van der Waals surface area contributed by atoms with Gasteiger partial charge in [0.25, 0.3) is 0 Å². The van der Waals surface area contributed by atoms with E-state index in [0.717, 1.165) is 102 Å². The first-order chi connectivity index (χ1) is 21.8. The molecule has 1 fully saturated rings. The van der Waals surface area contributed by atoms with Gasteiger partial charge in [0.05, 0.1) is 49.4 Å². The lowest BCUT2D eigenvalue weighted by Crippen LogP contribution is -2.49. The van der Waals surface area contributed by atoms with Crippen molar-refractivity contribution in [3.05, 3.63) is 98.1 Å². The van der Waals surface area contributed by atoms with Gasteiger partial charge in [-0.05, 0) is 48.5 Å². The zero-order valence-corrected chi connectivity index (χ0v) is 25.3. The first-order valence-electron chi connectivity index (χ1n) is 15.3. The van der Waals surface area contributed by atoms with Gasteiger partial charge in [0.1, 0.15) is 0 Å². The summed E-state index contributed by atoms with van der Waals surface area (Å²) in [6.07, 6.45) is 14.7. The van der Waals surface area contributed by atoms with Crippen LogP contribution >= 0.6 is 0 Å². The maximum Gasteiger partial charge on any atom is 0.0679 e. The Labute approximate surface area is 260 Å². The summed E-state index contributed by atoms with van der Waals surface area (Å²) in [5, 5.41) is 14.3. The van der Waals surface area contributed by atoms with Crippen LogP contribution < -0.4 is 21.3 Å². The molecule has 4 N–H and O–H groups in total. The molecule has 232 valence electrons. The number of hydrogen-bond donors (Lipinski definition) is 4. The van der Waals surface area contributed by atoms with Gasteiger partial charge in [0, 0.05) is 102 Å². The Morgan fingerprint density at radius 1 is 0.386 bits per heavy atom. The van der Waals surface area contributed by atoms with Gasteiger partial charge in [-0.1, -0.05) is 0 Å². The van der Waals surface area contributed by atoms with Crippen LogP contribution in [-0.2, 0) is 0 Å². The lowest BCUT2D eigenvalue weighted by atomic mass is 10.3. The van der Waals surface area contributed by atoms with Crippen LogP contribution in [0.25, 0.3) is 0 Å². The molecular formula is C32H44N12. The van der Waals surface area contributed by atoms with Crippen molar-refractivity contribution in [3.8, 4) is 0 Å². The van der Waals surface area contributed by atoms with Crippen LogP contribution in [0.5, 0.6) is 0 Å². The van der Waals surface area contributed by atoms with Crippen LogP contribution in [0.1, 0.15) is 0 Å². The standard InChI is InChI=1S/C32H44N12/c1-5-29(21-33-9-1)37-25-41-13-15-42(26-38-30-6-2-10-34-22-30)17-19-44(28-40-32-8-4-12-36-24-32)20-18-43(16-14-41)27-39-31-7-3-11-35-23-31/h1-12,21-24,37-40H,13-20,25-28H2. The fourth-order valence-electron chi connectivity index (χ4n) is 4.89. The Morgan fingerprint density at radius 3 is 0.795 bits per heavy atom. The second kappa shape index (κ2) is 17.7. The molecule has 0 aromatic carbocycles. The molecule has 0 spiro atoms. The number of hydrogen-bond acceptors (Lipinski definition) is 12. The topological polar surface area (TPSA) is 113 Å². The largest absolute Gasteiger partial charge is 0.371 e. The van der Waals surface area contributed by atoms with Gasteiger partial charge in [-0.25, -0.2) is 0 Å². The smallest absolute Gasteiger partial charge is 0.0679 e. The number of rotatable bonds is 12. The van der Waals surface area contributed by atoms with Crippen LogP contribution in [-0.4, -0.2) is 119 Å². The number of pyridine rings is 4. The van der Waals surface area contributed by atoms with E-state index >= 15 is 0 Å². The summed E-state index contributed by atoms with van der Waals surface area (Å²) < 4.78 is 0. The predicted molar refractivity (Wildman–Crippen MR) is 177 cm³/mol. The number of nitrogens with one attached hydrogen (secondary N) is 4. The molecule has 12 heteroatoms. The molecule has 4 aromatic heterocycles. The molecule has 0 saturated carbocycles. The van der Waals surface area contributed by atoms with E-state index in [-0.39, 0.29) is 0 Å². The van der Waals surface area contributed by atoms with E-state index in [1.54, 1.807) is 24.8 Å². The van der Waals surface area contributed by atoms with Crippen molar-refractivity contribution in [2.45, 2.75) is 0 Å². The molecule has 4 aromatic rings. The molecule has 5 heterocycles. The Kier molecular flexibility index (Phi) is 12.5. The van der Waals surface area contributed by atoms with Crippen molar-refractivity contribution >= 4 is 22.7 Å². The molecule has 1 saturated heterocycles. The molecule has 1 aliphatic heterocycles. The summed E-state index contributed by atoms with van der Waals surface area (Å²) in [5.41, 5.74) is 4.11. The van der Waals surface area contributed by atoms with Gasteiger partial charge >= 0.3 is 0 Å². The summed E-state index contributed by atoms with van der Waals surface area (Å²) in [6, 6.07) is 16.1. The molecule has 0 radical (unpaired) electrons. The van der Waals surface area contributed by atoms with Crippen LogP contribution in [0.3, 0.4) is 0 Å². The second-order valence-electron chi connectivity index (χ2n) is 10.8. The first-order valence-corrected chi connectivity index (χ1v) is 15.3. The van der Waals surface area contributed by atoms with Gasteiger partial charge < -0.3 is 21.3 Å². The van der Waals surface area contributed by atoms with E-state index in [1.165, 1.54) is 0 Å². The first kappa shape index (κ1) is 31.1. The van der Waals surface area contributed by atoms with Crippen LogP contribution in [0, 0.1) is 0 Å². The summed E-state index contributed by atoms with van der Waals surface area (Å²) in [4.78, 5) is 27.0. The Morgan fingerprint density at radius 2 is 0.614 bits per heavy atom. The Hall–Kier alpha value is -4.36. The zero-order chi connectivity index (χ0) is 30.1. The Balaban J connectivity index is 1.27. The normalized spacial score (nSPS) is 16.4. The minimum absolute atomic E-state index is 0.751. The predicted octanol–water partition coefficient (Wildman–Crippen LogP) is 3.07. The lowest BCUT2D eigenvalue weighted by Gasteiger charge is -2.34. The highest BCUT2D eigenvalue weighted by molar-refractivity contribution is 5.41. The average molecular weight is 597 g/mol. The third kappa shape index (κ3) is 11.0. The van der Waals surface area contributed by atoms with Crippen LogP contribution in [0.15, 0.2) is 98.1 Å². The number of nitrogens with zero attached hydrogens (tertiary/aromatic N) is 8. The van der Waals surface area contributed by atoms with Crippen LogP contribution in [0.2, 0.25) is 0 Å². The van der Waals surface area contributed by atoms with Crippen molar-refractivity contribution in [2.75, 3.05) is 100 Å². The highest BCUT2D eigenvalue weighted by Crippen LogP contribution is 2.09. The summed E-state index contributed by atoms with van der Waals surface area (Å²) >= 11 is 0. The molecule has 5 rings (SSSR count). The third-order valence-corrected chi connectivity index (χ3v) is 7.60. The van der Waals surface area contributed by atoms with Gasteiger partial charge in [-0.2, -0.15) is 0 Å². The monoisotopic (exact) mass is 596 g/mol. The zero-order valence-electron chi connectivity index (χ0n) is 25.3. The second-order valence-corrected chi connectivity index (χ2v) is 10.8. The lowest BCUT2D eigenvalue weighted by molar-refractivity contribution is 0.146. The Bertz CT molecular complexity index is 1080. The molecule has 44 heavy (non-hydrogen) atoms. The maximum absolute atomic E-state index is 4.27. The van der Waals surface area contributed by atoms with Crippen molar-refractivity contribution in [3.63, 3.8) is 0 Å². The minimum atomic E-state index is 0.751. The highest BCUT2D eigenvalue weighted by atomic mass is 15.3. The summed E-state index contributed by atoms with van der Waals surface area (Å²) in [5.74, 6) is 0. The van der Waals surface area contributed by atoms with Gasteiger partial charge in [-0.3, -0.25) is 39.5 Å². The van der Waals surface area contributed by atoms with Crippen molar-refractivity contribution in [1.29, 1.82) is 0 Å². The molecule has 1 aliphatic rings. The van der Waals surface area contributed by atoms with E-state index in [2.05, 4.69) is 85.1 Å². The third-order valence-electron chi connectivity index (χ3n) is 7.60. The average Bonchev–Trinajstić information content (AvgIpc) is 3.08. The minimum Gasteiger partial charge on any atom is -0.371 e. The maximum atomic E-state index is 4.27. The summed E-state index contributed by atoms with van der Waals surface area (Å²) in [6.45, 7) is 10.4. The molecule has 0 aliphatic carbocycles. The van der Waals surface area contributed by atoms with Crippen molar-refractivity contribution in [1.82, 2.24) is 39.5 Å². The number of anilines is 4. The molecule has 0 atom stereocenters. The SMILES string of the molecule is c1cncc(NCN2CCN(CNc3cccnc3)CCN(CNc3cccnc3)CCN(CNc3cccnc3)CC2)c1. The van der Waals surface area contributed by atoms with E-state index in [4.69, 9.17) is 0 Å². The van der Waals surface area contributed by atoms with E-state index in [1.807, 2.05) is 49.1 Å². The highest BCUT2D eigenvalue weighted by Gasteiger charge is 2.17. The molecule has 0 amide bonds. The molecule has 0 bridgehead atoms. The van der Waals surface area contributed by atoms with Gasteiger partial charge in [-0.15, -0.1) is 0 Å². The summed E-state index contributed by atoms with van der Waals surface area (Å²) in [7, 11) is 0. The van der Waals surface area contributed by atoms with E-state index in [9.17, 15) is 0 Å². The number of aromatic nitrogens is 4. The molecular weight excluding hydrogens is 552 g/mol. The molecule has 12 nitrogen and oxygen atoms in total. The van der Waals surface area contributed by atoms with Crippen molar-refractivity contribution < 1.29 is 0 Å². The van der Waals surface area contributed by atoms with Gasteiger partial charge in [0.2, 0.25) is 0 Å². The fraction of sp³-hybridized carbons (Fsp3) is 0.375. The quantitative estimate of drug-likeness (QED) is 0.193. The molecule has 0 unspecified atom stereocenters. The van der Waals surface area contributed by atoms with Crippen molar-refractivity contribution in [2.24, 2.45) is 0 Å². The van der Waals surface area contributed by atoms with E-state index < -0.39 is 0 Å². The fourth-order valence-corrected chi connectivity index (χ4v) is 4.89. The van der Waals surface area contributed by atoms with Gasteiger partial charge in [0.15, 0.2) is 0 Å².